The van der Waals surface area contributed by atoms with Crippen molar-refractivity contribution in [3.63, 3.8) is 0 Å². The molecule has 38 heavy (non-hydrogen) atoms. The molecule has 2 aromatic rings. The Kier molecular flexibility index (Phi) is 10.9. The quantitative estimate of drug-likeness (QED) is 0.143. The lowest BCUT2D eigenvalue weighted by Gasteiger charge is -2.24. The molecule has 1 aliphatic rings. The van der Waals surface area contributed by atoms with Gasteiger partial charge in [0.15, 0.2) is 0 Å². The first-order chi connectivity index (χ1) is 18.5. The Morgan fingerprint density at radius 2 is 1.89 bits per heavy atom. The standard InChI is InChI=1S/C24H30N6O8/c1-25-22(33)19(5-3-9-31)30-23(34)18-4-2-6-20(21(18)24(30)35)38-13-12-36-10-11-37-15-17-14-29(28-27-17)8-7-26-16-32/h2,4,6,9,14,16,19H,3,5,7-8,10-13,15H2,1H3,(H,25,33)(H,26,32). The van der Waals surface area contributed by atoms with Gasteiger partial charge < -0.3 is 29.6 Å². The second-order valence-corrected chi connectivity index (χ2v) is 8.09. The number of carbonyl (C=O) groups excluding carboxylic acids is 5. The van der Waals surface area contributed by atoms with Crippen LogP contribution in [0.5, 0.6) is 5.75 Å². The summed E-state index contributed by atoms with van der Waals surface area (Å²) in [5.74, 6) is -1.58. The molecule has 204 valence electrons. The van der Waals surface area contributed by atoms with E-state index < -0.39 is 23.8 Å². The van der Waals surface area contributed by atoms with Crippen LogP contribution in [0.15, 0.2) is 24.4 Å². The van der Waals surface area contributed by atoms with E-state index in [1.165, 1.54) is 13.1 Å². The fourth-order valence-corrected chi connectivity index (χ4v) is 3.80. The molecule has 1 aromatic carbocycles. The second-order valence-electron chi connectivity index (χ2n) is 8.09. The van der Waals surface area contributed by atoms with Crippen molar-refractivity contribution < 1.29 is 38.2 Å². The van der Waals surface area contributed by atoms with Crippen LogP contribution in [0.4, 0.5) is 0 Å². The molecule has 14 nitrogen and oxygen atoms in total. The Balaban J connectivity index is 1.43. The Labute approximate surface area is 218 Å². The number of hydrogen-bond acceptors (Lipinski definition) is 10. The van der Waals surface area contributed by atoms with Crippen LogP contribution >= 0.6 is 0 Å². The molecule has 1 aliphatic heterocycles. The van der Waals surface area contributed by atoms with Gasteiger partial charge in [-0.2, -0.15) is 0 Å². The highest BCUT2D eigenvalue weighted by atomic mass is 16.5. The molecule has 4 amide bonds. The molecule has 1 aromatic heterocycles. The van der Waals surface area contributed by atoms with Gasteiger partial charge in [-0.25, -0.2) is 0 Å². The van der Waals surface area contributed by atoms with Crippen LogP contribution in [-0.4, -0.2) is 96.4 Å². The molecule has 1 atom stereocenters. The molecule has 0 bridgehead atoms. The van der Waals surface area contributed by atoms with Crippen molar-refractivity contribution in [3.05, 3.63) is 41.2 Å². The van der Waals surface area contributed by atoms with E-state index in [0.29, 0.717) is 44.7 Å². The van der Waals surface area contributed by atoms with Gasteiger partial charge in [-0.15, -0.1) is 5.10 Å². The number of aromatic nitrogens is 3. The maximum atomic E-state index is 13.1. The average molecular weight is 531 g/mol. The van der Waals surface area contributed by atoms with Crippen molar-refractivity contribution in [1.29, 1.82) is 0 Å². The normalized spacial score (nSPS) is 13.2. The lowest BCUT2D eigenvalue weighted by molar-refractivity contribution is -0.124. The zero-order valence-corrected chi connectivity index (χ0v) is 21.0. The Morgan fingerprint density at radius 1 is 1.11 bits per heavy atom. The minimum Gasteiger partial charge on any atom is -0.490 e. The summed E-state index contributed by atoms with van der Waals surface area (Å²) in [6, 6.07) is 3.56. The zero-order valence-electron chi connectivity index (χ0n) is 21.0. The van der Waals surface area contributed by atoms with Gasteiger partial charge in [0.25, 0.3) is 11.8 Å². The van der Waals surface area contributed by atoms with Gasteiger partial charge in [-0.3, -0.25) is 28.8 Å². The Bertz CT molecular complexity index is 1140. The summed E-state index contributed by atoms with van der Waals surface area (Å²) in [5, 5.41) is 12.9. The molecule has 1 unspecified atom stereocenters. The van der Waals surface area contributed by atoms with Gasteiger partial charge >= 0.3 is 0 Å². The van der Waals surface area contributed by atoms with Crippen molar-refractivity contribution in [2.45, 2.75) is 32.0 Å². The predicted octanol–water partition coefficient (Wildman–Crippen LogP) is -0.674. The molecule has 0 spiro atoms. The summed E-state index contributed by atoms with van der Waals surface area (Å²) in [6.07, 6.45) is 3.03. The van der Waals surface area contributed by atoms with Crippen LogP contribution in [0.1, 0.15) is 39.3 Å². The average Bonchev–Trinajstić information content (AvgIpc) is 3.48. The van der Waals surface area contributed by atoms with Crippen molar-refractivity contribution in [3.8, 4) is 5.75 Å². The SMILES string of the molecule is CNC(=O)C(CCC=O)N1C(=O)c2cccc(OCCOCCOCc3cn(CCNC=O)nn3)c2C1=O. The van der Waals surface area contributed by atoms with Crippen LogP contribution in [0.3, 0.4) is 0 Å². The topological polar surface area (TPSA) is 171 Å². The van der Waals surface area contributed by atoms with Crippen molar-refractivity contribution in [2.75, 3.05) is 40.0 Å². The molecule has 0 aliphatic carbocycles. The minimum absolute atomic E-state index is 0.0240. The summed E-state index contributed by atoms with van der Waals surface area (Å²) >= 11 is 0. The van der Waals surface area contributed by atoms with Crippen molar-refractivity contribution in [1.82, 2.24) is 30.5 Å². The van der Waals surface area contributed by atoms with Crippen molar-refractivity contribution >= 4 is 30.4 Å². The van der Waals surface area contributed by atoms with E-state index in [1.807, 2.05) is 0 Å². The van der Waals surface area contributed by atoms with Crippen LogP contribution in [0, 0.1) is 0 Å². The zero-order chi connectivity index (χ0) is 27.3. The molecule has 14 heteroatoms. The fraction of sp³-hybridized carbons (Fsp3) is 0.458. The Morgan fingerprint density at radius 3 is 2.66 bits per heavy atom. The number of nitrogens with zero attached hydrogens (tertiary/aromatic N) is 4. The maximum Gasteiger partial charge on any atom is 0.266 e. The highest BCUT2D eigenvalue weighted by Crippen LogP contribution is 2.33. The van der Waals surface area contributed by atoms with Crippen LogP contribution < -0.4 is 15.4 Å². The third-order valence-electron chi connectivity index (χ3n) is 5.59. The van der Waals surface area contributed by atoms with Gasteiger partial charge in [0.05, 0.1) is 50.3 Å². The fourth-order valence-electron chi connectivity index (χ4n) is 3.80. The third kappa shape index (κ3) is 7.20. The van der Waals surface area contributed by atoms with Crippen molar-refractivity contribution in [2.24, 2.45) is 0 Å². The highest BCUT2D eigenvalue weighted by Gasteiger charge is 2.44. The number of ether oxygens (including phenoxy) is 3. The summed E-state index contributed by atoms with van der Waals surface area (Å²) < 4.78 is 18.3. The number of likely N-dealkylation sites (N-methyl/N-ethyl adjacent to an activating group) is 1. The number of imide groups is 1. The summed E-state index contributed by atoms with van der Waals surface area (Å²) in [5.41, 5.74) is 0.866. The molecular weight excluding hydrogens is 500 g/mol. The first-order valence-corrected chi connectivity index (χ1v) is 12.0. The Hall–Kier alpha value is -4.17. The minimum atomic E-state index is -1.10. The third-order valence-corrected chi connectivity index (χ3v) is 5.59. The predicted molar refractivity (Wildman–Crippen MR) is 130 cm³/mol. The number of carbonyl (C=O) groups is 5. The van der Waals surface area contributed by atoms with Gasteiger partial charge in [0, 0.05) is 20.0 Å². The number of fused-ring (bicyclic) bond motifs is 1. The molecular formula is C24H30N6O8. The van der Waals surface area contributed by atoms with E-state index in [2.05, 4.69) is 20.9 Å². The maximum absolute atomic E-state index is 13.1. The van der Waals surface area contributed by atoms with E-state index in [0.717, 1.165) is 4.90 Å². The highest BCUT2D eigenvalue weighted by molar-refractivity contribution is 6.24. The number of rotatable bonds is 18. The number of hydrogen-bond donors (Lipinski definition) is 2. The number of aldehydes is 1. The largest absolute Gasteiger partial charge is 0.490 e. The van der Waals surface area contributed by atoms with Crippen LogP contribution in [0.25, 0.3) is 0 Å². The molecule has 2 heterocycles. The lowest BCUT2D eigenvalue weighted by atomic mass is 10.1. The van der Waals surface area contributed by atoms with Gasteiger partial charge in [0.2, 0.25) is 12.3 Å². The molecule has 0 saturated heterocycles. The van der Waals surface area contributed by atoms with Gasteiger partial charge in [0.1, 0.15) is 30.4 Å². The molecule has 0 saturated carbocycles. The van der Waals surface area contributed by atoms with Crippen LogP contribution in [-0.2, 0) is 37.0 Å². The monoisotopic (exact) mass is 530 g/mol. The van der Waals surface area contributed by atoms with Gasteiger partial charge in [-0.1, -0.05) is 11.3 Å². The summed E-state index contributed by atoms with van der Waals surface area (Å²) in [4.78, 5) is 60.4. The van der Waals surface area contributed by atoms with E-state index in [4.69, 9.17) is 14.2 Å². The first kappa shape index (κ1) is 28.4. The van der Waals surface area contributed by atoms with E-state index >= 15 is 0 Å². The van der Waals surface area contributed by atoms with Gasteiger partial charge in [-0.05, 0) is 18.6 Å². The number of benzene rings is 1. The van der Waals surface area contributed by atoms with Crippen LogP contribution in [0.2, 0.25) is 0 Å². The van der Waals surface area contributed by atoms with E-state index in [1.54, 1.807) is 23.0 Å². The van der Waals surface area contributed by atoms with E-state index in [-0.39, 0.29) is 49.5 Å². The molecule has 0 radical (unpaired) electrons. The second kappa shape index (κ2) is 14.5. The first-order valence-electron chi connectivity index (χ1n) is 12.0. The smallest absolute Gasteiger partial charge is 0.266 e. The molecule has 3 rings (SSSR count). The molecule has 0 fully saturated rings. The van der Waals surface area contributed by atoms with E-state index in [9.17, 15) is 24.0 Å². The lowest BCUT2D eigenvalue weighted by Crippen LogP contribution is -2.48. The summed E-state index contributed by atoms with van der Waals surface area (Å²) in [7, 11) is 1.40. The summed E-state index contributed by atoms with van der Waals surface area (Å²) in [6.45, 7) is 2.15. The number of amides is 4. The number of nitrogens with one attached hydrogen (secondary N) is 2. The molecule has 2 N–H and O–H groups in total.